The van der Waals surface area contributed by atoms with E-state index in [1.54, 1.807) is 10.7 Å². The molecule has 0 unspecified atom stereocenters. The lowest BCUT2D eigenvalue weighted by Gasteiger charge is -2.24. The quantitative estimate of drug-likeness (QED) is 0.891. The second-order valence-corrected chi connectivity index (χ2v) is 7.62. The lowest BCUT2D eigenvalue weighted by atomic mass is 9.92. The number of halogens is 1. The minimum absolute atomic E-state index is 0.125. The molecule has 26 heavy (non-hydrogen) atoms. The highest BCUT2D eigenvalue weighted by Gasteiger charge is 2.35. The molecule has 4 rings (SSSR count). The van der Waals surface area contributed by atoms with Crippen LogP contribution in [0.3, 0.4) is 0 Å². The Kier molecular flexibility index (Phi) is 4.96. The molecule has 140 valence electrons. The number of aliphatic hydroxyl groups is 1. The van der Waals surface area contributed by atoms with Gasteiger partial charge in [0.05, 0.1) is 6.20 Å². The number of nitrogens with zero attached hydrogens (tertiary/aromatic N) is 4. The van der Waals surface area contributed by atoms with Crippen molar-refractivity contribution in [2.75, 3.05) is 37.7 Å². The maximum atomic E-state index is 14.6. The van der Waals surface area contributed by atoms with Crippen LogP contribution < -0.4 is 4.90 Å². The number of hydrogen-bond acceptors (Lipinski definition) is 4. The summed E-state index contributed by atoms with van der Waals surface area (Å²) in [6.45, 7) is 4.36. The van der Waals surface area contributed by atoms with Gasteiger partial charge in [-0.2, -0.15) is 5.10 Å². The second kappa shape index (κ2) is 7.37. The average molecular weight is 358 g/mol. The number of hydrogen-bond donors (Lipinski definition) is 1. The Morgan fingerprint density at radius 1 is 1.23 bits per heavy atom. The van der Waals surface area contributed by atoms with Gasteiger partial charge in [0.15, 0.2) is 0 Å². The summed E-state index contributed by atoms with van der Waals surface area (Å²) in [5.41, 5.74) is 2.98. The zero-order chi connectivity index (χ0) is 18.1. The maximum absolute atomic E-state index is 14.6. The smallest absolute Gasteiger partial charge is 0.129 e. The largest absolute Gasteiger partial charge is 0.396 e. The van der Waals surface area contributed by atoms with Gasteiger partial charge in [-0.1, -0.05) is 6.07 Å². The van der Waals surface area contributed by atoms with Crippen molar-refractivity contribution in [1.29, 1.82) is 0 Å². The zero-order valence-electron chi connectivity index (χ0n) is 15.3. The number of aliphatic hydroxyl groups excluding tert-OH is 1. The van der Waals surface area contributed by atoms with Gasteiger partial charge in [-0.05, 0) is 30.5 Å². The SMILES string of the molecule is Cn1cc([C@@H]2CN(Cc3c(F)cccc3N3CCCC3)C[C@H]2CO)cn1. The average Bonchev–Trinajstić information content (AvgIpc) is 3.37. The molecule has 0 radical (unpaired) electrons. The van der Waals surface area contributed by atoms with Crippen molar-refractivity contribution in [2.45, 2.75) is 25.3 Å². The van der Waals surface area contributed by atoms with Crippen molar-refractivity contribution in [3.8, 4) is 0 Å². The van der Waals surface area contributed by atoms with Crippen molar-refractivity contribution in [3.63, 3.8) is 0 Å². The second-order valence-electron chi connectivity index (χ2n) is 7.62. The highest BCUT2D eigenvalue weighted by Crippen LogP contribution is 2.35. The summed E-state index contributed by atoms with van der Waals surface area (Å²) in [4.78, 5) is 4.58. The molecule has 1 aromatic carbocycles. The summed E-state index contributed by atoms with van der Waals surface area (Å²) in [6, 6.07) is 5.42. The third kappa shape index (κ3) is 3.35. The number of aryl methyl sites for hydroxylation is 1. The van der Waals surface area contributed by atoms with Gasteiger partial charge in [0.2, 0.25) is 0 Å². The molecule has 2 atom stereocenters. The van der Waals surface area contributed by atoms with E-state index in [-0.39, 0.29) is 24.3 Å². The van der Waals surface area contributed by atoms with E-state index in [0.717, 1.165) is 43.0 Å². The molecule has 0 bridgehead atoms. The maximum Gasteiger partial charge on any atom is 0.129 e. The third-order valence-electron chi connectivity index (χ3n) is 5.83. The number of aromatic nitrogens is 2. The van der Waals surface area contributed by atoms with Crippen LogP contribution in [0.2, 0.25) is 0 Å². The van der Waals surface area contributed by atoms with Crippen molar-refractivity contribution in [2.24, 2.45) is 13.0 Å². The molecule has 2 aromatic rings. The molecule has 1 N–H and O–H groups in total. The molecule has 1 aromatic heterocycles. The fourth-order valence-electron chi connectivity index (χ4n) is 4.47. The molecule has 2 aliphatic rings. The fraction of sp³-hybridized carbons (Fsp3) is 0.550. The normalized spacial score (nSPS) is 23.9. The minimum Gasteiger partial charge on any atom is -0.396 e. The molecular formula is C20H27FN4O. The summed E-state index contributed by atoms with van der Waals surface area (Å²) in [6.07, 6.45) is 6.26. The topological polar surface area (TPSA) is 44.5 Å². The van der Waals surface area contributed by atoms with E-state index in [9.17, 15) is 9.50 Å². The Hall–Kier alpha value is -1.92. The van der Waals surface area contributed by atoms with E-state index < -0.39 is 0 Å². The van der Waals surface area contributed by atoms with Gasteiger partial charge < -0.3 is 10.0 Å². The summed E-state index contributed by atoms with van der Waals surface area (Å²) in [7, 11) is 1.91. The van der Waals surface area contributed by atoms with Crippen LogP contribution in [0, 0.1) is 11.7 Å². The van der Waals surface area contributed by atoms with Gasteiger partial charge in [-0.25, -0.2) is 4.39 Å². The summed E-state index contributed by atoms with van der Waals surface area (Å²) < 4.78 is 16.4. The van der Waals surface area contributed by atoms with Crippen LogP contribution in [-0.2, 0) is 13.6 Å². The van der Waals surface area contributed by atoms with Gasteiger partial charge in [0.25, 0.3) is 0 Å². The van der Waals surface area contributed by atoms with Crippen LogP contribution >= 0.6 is 0 Å². The molecular weight excluding hydrogens is 331 g/mol. The van der Waals surface area contributed by atoms with E-state index in [4.69, 9.17) is 0 Å². The van der Waals surface area contributed by atoms with Gasteiger partial charge in [0, 0.05) is 75.7 Å². The highest BCUT2D eigenvalue weighted by molar-refractivity contribution is 5.55. The lowest BCUT2D eigenvalue weighted by Crippen LogP contribution is -2.25. The van der Waals surface area contributed by atoms with Gasteiger partial charge in [-0.15, -0.1) is 0 Å². The van der Waals surface area contributed by atoms with Crippen molar-refractivity contribution >= 4 is 5.69 Å². The Bertz CT molecular complexity index is 756. The molecule has 2 saturated heterocycles. The lowest BCUT2D eigenvalue weighted by molar-refractivity contribution is 0.213. The predicted molar refractivity (Wildman–Crippen MR) is 99.6 cm³/mol. The van der Waals surface area contributed by atoms with Gasteiger partial charge in [-0.3, -0.25) is 9.58 Å². The first kappa shape index (κ1) is 17.5. The fourth-order valence-corrected chi connectivity index (χ4v) is 4.47. The molecule has 0 saturated carbocycles. The zero-order valence-corrected chi connectivity index (χ0v) is 15.3. The number of benzene rings is 1. The Balaban J connectivity index is 1.54. The molecule has 3 heterocycles. The predicted octanol–water partition coefficient (Wildman–Crippen LogP) is 2.37. The van der Waals surface area contributed by atoms with Crippen molar-refractivity contribution < 1.29 is 9.50 Å². The molecule has 2 aliphatic heterocycles. The molecule has 2 fully saturated rings. The Morgan fingerprint density at radius 3 is 2.73 bits per heavy atom. The Morgan fingerprint density at radius 2 is 2.04 bits per heavy atom. The Labute approximate surface area is 154 Å². The van der Waals surface area contributed by atoms with E-state index >= 15 is 0 Å². The number of likely N-dealkylation sites (tertiary alicyclic amines) is 1. The van der Waals surface area contributed by atoms with Crippen LogP contribution in [0.25, 0.3) is 0 Å². The van der Waals surface area contributed by atoms with Crippen LogP contribution in [0.5, 0.6) is 0 Å². The third-order valence-corrected chi connectivity index (χ3v) is 5.83. The standard InChI is InChI=1S/C20H27FN4O/c1-23-10-15(9-22-23)17-12-24(11-16(17)14-26)13-18-19(21)5-4-6-20(18)25-7-2-3-8-25/h4-6,9-10,16-17,26H,2-3,7-8,11-14H2,1H3/t16-,17-/m0/s1. The van der Waals surface area contributed by atoms with Crippen LogP contribution in [-0.4, -0.2) is 52.6 Å². The summed E-state index contributed by atoms with van der Waals surface area (Å²) in [5, 5.41) is 14.1. The molecule has 0 aliphatic carbocycles. The molecule has 0 spiro atoms. The number of anilines is 1. The van der Waals surface area contributed by atoms with Gasteiger partial charge in [0.1, 0.15) is 5.82 Å². The minimum atomic E-state index is -0.125. The van der Waals surface area contributed by atoms with E-state index in [2.05, 4.69) is 14.9 Å². The first-order valence-electron chi connectivity index (χ1n) is 9.50. The highest BCUT2D eigenvalue weighted by atomic mass is 19.1. The van der Waals surface area contributed by atoms with E-state index in [0.29, 0.717) is 6.54 Å². The van der Waals surface area contributed by atoms with Crippen LogP contribution in [0.1, 0.15) is 29.9 Å². The molecule has 6 heteroatoms. The van der Waals surface area contributed by atoms with Crippen molar-refractivity contribution in [3.05, 3.63) is 47.5 Å². The first-order valence-corrected chi connectivity index (χ1v) is 9.50. The first-order chi connectivity index (χ1) is 12.7. The van der Waals surface area contributed by atoms with Crippen molar-refractivity contribution in [1.82, 2.24) is 14.7 Å². The van der Waals surface area contributed by atoms with Crippen LogP contribution in [0.4, 0.5) is 10.1 Å². The van der Waals surface area contributed by atoms with Crippen LogP contribution in [0.15, 0.2) is 30.6 Å². The van der Waals surface area contributed by atoms with E-state index in [1.165, 1.54) is 12.8 Å². The number of rotatable bonds is 5. The summed E-state index contributed by atoms with van der Waals surface area (Å²) >= 11 is 0. The monoisotopic (exact) mass is 358 g/mol. The van der Waals surface area contributed by atoms with E-state index in [1.807, 2.05) is 31.6 Å². The molecule has 0 amide bonds. The van der Waals surface area contributed by atoms with Gasteiger partial charge >= 0.3 is 0 Å². The summed E-state index contributed by atoms with van der Waals surface area (Å²) in [5.74, 6) is 0.289. The molecule has 5 nitrogen and oxygen atoms in total.